The summed E-state index contributed by atoms with van der Waals surface area (Å²) in [5, 5.41) is 0. The van der Waals surface area contributed by atoms with Gasteiger partial charge in [0.25, 0.3) is 0 Å². The van der Waals surface area contributed by atoms with Crippen molar-refractivity contribution >= 4 is 0 Å². The fourth-order valence-electron chi connectivity index (χ4n) is 2.33. The molecule has 1 heterocycles. The Morgan fingerprint density at radius 3 is 3.00 bits per heavy atom. The number of morpholine rings is 1. The number of benzene rings is 1. The van der Waals surface area contributed by atoms with Gasteiger partial charge in [0.05, 0.1) is 19.8 Å². The van der Waals surface area contributed by atoms with Gasteiger partial charge in [-0.1, -0.05) is 18.2 Å². The van der Waals surface area contributed by atoms with Gasteiger partial charge in [0.2, 0.25) is 0 Å². The lowest BCUT2D eigenvalue weighted by atomic mass is 10.0. The Morgan fingerprint density at radius 2 is 2.28 bits per heavy atom. The van der Waals surface area contributed by atoms with Crippen LogP contribution in [0.15, 0.2) is 24.3 Å². The van der Waals surface area contributed by atoms with E-state index in [9.17, 15) is 0 Å². The molecule has 1 aliphatic heterocycles. The molecule has 4 heteroatoms. The van der Waals surface area contributed by atoms with Crippen LogP contribution in [0.25, 0.3) is 0 Å². The molecular formula is C14H22N2O2. The van der Waals surface area contributed by atoms with Crippen LogP contribution in [0, 0.1) is 0 Å². The second kappa shape index (κ2) is 6.18. The summed E-state index contributed by atoms with van der Waals surface area (Å²) >= 11 is 0. The normalized spacial score (nSPS) is 22.7. The van der Waals surface area contributed by atoms with Crippen LogP contribution in [-0.4, -0.2) is 50.9 Å². The number of likely N-dealkylation sites (N-methyl/N-ethyl adjacent to an activating group) is 1. The molecule has 1 aromatic carbocycles. The van der Waals surface area contributed by atoms with Gasteiger partial charge in [-0.2, -0.15) is 0 Å². The molecule has 2 rings (SSSR count). The minimum atomic E-state index is 0.00375. The van der Waals surface area contributed by atoms with Crippen molar-refractivity contribution in [3.8, 4) is 5.75 Å². The SMILES string of the molecule is COc1ccccc1CC(N)C1CN(C)CCO1. The summed E-state index contributed by atoms with van der Waals surface area (Å²) in [5.41, 5.74) is 7.40. The molecular weight excluding hydrogens is 228 g/mol. The standard InChI is InChI=1S/C14H22N2O2/c1-16-7-8-18-14(10-16)12(15)9-11-5-3-4-6-13(11)17-2/h3-6,12,14H,7-10,15H2,1-2H3. The summed E-state index contributed by atoms with van der Waals surface area (Å²) in [6.07, 6.45) is 0.886. The first-order valence-electron chi connectivity index (χ1n) is 6.38. The highest BCUT2D eigenvalue weighted by molar-refractivity contribution is 5.34. The van der Waals surface area contributed by atoms with Gasteiger partial charge in [0, 0.05) is 19.1 Å². The van der Waals surface area contributed by atoms with Gasteiger partial charge in [0.15, 0.2) is 0 Å². The Balaban J connectivity index is 1.99. The van der Waals surface area contributed by atoms with Gasteiger partial charge in [-0.05, 0) is 25.1 Å². The van der Waals surface area contributed by atoms with Crippen LogP contribution >= 0.6 is 0 Å². The zero-order chi connectivity index (χ0) is 13.0. The van der Waals surface area contributed by atoms with Gasteiger partial charge >= 0.3 is 0 Å². The molecule has 1 saturated heterocycles. The Kier molecular flexibility index (Phi) is 4.58. The van der Waals surface area contributed by atoms with E-state index in [4.69, 9.17) is 15.2 Å². The predicted octanol–water partition coefficient (Wildman–Crippen LogP) is 0.896. The van der Waals surface area contributed by atoms with E-state index in [0.29, 0.717) is 0 Å². The average Bonchev–Trinajstić information content (AvgIpc) is 2.39. The van der Waals surface area contributed by atoms with E-state index >= 15 is 0 Å². The lowest BCUT2D eigenvalue weighted by Crippen LogP contribution is -2.50. The summed E-state index contributed by atoms with van der Waals surface area (Å²) < 4.78 is 11.1. The second-order valence-electron chi connectivity index (χ2n) is 4.85. The van der Waals surface area contributed by atoms with E-state index in [2.05, 4.69) is 18.0 Å². The van der Waals surface area contributed by atoms with Crippen molar-refractivity contribution in [1.29, 1.82) is 0 Å². The highest BCUT2D eigenvalue weighted by atomic mass is 16.5. The van der Waals surface area contributed by atoms with E-state index in [1.54, 1.807) is 7.11 Å². The summed E-state index contributed by atoms with van der Waals surface area (Å²) in [6, 6.07) is 8.02. The molecule has 0 aliphatic carbocycles. The maximum Gasteiger partial charge on any atom is 0.122 e. The average molecular weight is 250 g/mol. The first kappa shape index (κ1) is 13.3. The lowest BCUT2D eigenvalue weighted by molar-refractivity contribution is -0.0319. The minimum absolute atomic E-state index is 0.00375. The van der Waals surface area contributed by atoms with E-state index in [-0.39, 0.29) is 12.1 Å². The van der Waals surface area contributed by atoms with Crippen molar-refractivity contribution in [2.24, 2.45) is 5.73 Å². The number of hydrogen-bond acceptors (Lipinski definition) is 4. The van der Waals surface area contributed by atoms with Gasteiger partial charge in [0.1, 0.15) is 5.75 Å². The maximum atomic E-state index is 6.26. The molecule has 0 spiro atoms. The molecule has 2 unspecified atom stereocenters. The van der Waals surface area contributed by atoms with Gasteiger partial charge in [-0.3, -0.25) is 0 Å². The molecule has 1 fully saturated rings. The van der Waals surface area contributed by atoms with E-state index in [1.807, 2.05) is 18.2 Å². The second-order valence-corrected chi connectivity index (χ2v) is 4.85. The quantitative estimate of drug-likeness (QED) is 0.862. The summed E-state index contributed by atoms with van der Waals surface area (Å²) in [4.78, 5) is 2.26. The first-order chi connectivity index (χ1) is 8.70. The summed E-state index contributed by atoms with van der Waals surface area (Å²) in [5.74, 6) is 0.900. The molecule has 0 aromatic heterocycles. The number of nitrogens with two attached hydrogens (primary N) is 1. The topological polar surface area (TPSA) is 47.7 Å². The molecule has 0 amide bonds. The molecule has 1 aromatic rings. The van der Waals surface area contributed by atoms with Crippen LogP contribution in [0.3, 0.4) is 0 Å². The number of ether oxygens (including phenoxy) is 2. The molecule has 0 bridgehead atoms. The van der Waals surface area contributed by atoms with Crippen LogP contribution in [0.5, 0.6) is 5.75 Å². The molecule has 18 heavy (non-hydrogen) atoms. The maximum absolute atomic E-state index is 6.26. The number of rotatable bonds is 4. The van der Waals surface area contributed by atoms with Crippen molar-refractivity contribution in [2.45, 2.75) is 18.6 Å². The molecule has 0 saturated carbocycles. The van der Waals surface area contributed by atoms with Crippen molar-refractivity contribution < 1.29 is 9.47 Å². The third kappa shape index (κ3) is 3.22. The monoisotopic (exact) mass is 250 g/mol. The Morgan fingerprint density at radius 1 is 1.50 bits per heavy atom. The van der Waals surface area contributed by atoms with Gasteiger partial charge in [-0.15, -0.1) is 0 Å². The van der Waals surface area contributed by atoms with Crippen LogP contribution in [0.4, 0.5) is 0 Å². The first-order valence-corrected chi connectivity index (χ1v) is 6.38. The highest BCUT2D eigenvalue weighted by Crippen LogP contribution is 2.20. The lowest BCUT2D eigenvalue weighted by Gasteiger charge is -2.33. The third-order valence-electron chi connectivity index (χ3n) is 3.42. The van der Waals surface area contributed by atoms with Crippen LogP contribution < -0.4 is 10.5 Å². The largest absolute Gasteiger partial charge is 0.496 e. The minimum Gasteiger partial charge on any atom is -0.496 e. The number of para-hydroxylation sites is 1. The molecule has 4 nitrogen and oxygen atoms in total. The highest BCUT2D eigenvalue weighted by Gasteiger charge is 2.24. The summed E-state index contributed by atoms with van der Waals surface area (Å²) in [6.45, 7) is 2.65. The zero-order valence-corrected chi connectivity index (χ0v) is 11.1. The van der Waals surface area contributed by atoms with Crippen molar-refractivity contribution in [3.05, 3.63) is 29.8 Å². The number of hydrogen-bond donors (Lipinski definition) is 1. The third-order valence-corrected chi connectivity index (χ3v) is 3.42. The molecule has 2 atom stereocenters. The Labute approximate surface area is 109 Å². The van der Waals surface area contributed by atoms with Crippen LogP contribution in [0.1, 0.15) is 5.56 Å². The number of nitrogens with zero attached hydrogens (tertiary/aromatic N) is 1. The van der Waals surface area contributed by atoms with Crippen LogP contribution in [0.2, 0.25) is 0 Å². The Bertz CT molecular complexity index is 384. The fourth-order valence-corrected chi connectivity index (χ4v) is 2.33. The zero-order valence-electron chi connectivity index (χ0n) is 11.1. The van der Waals surface area contributed by atoms with Crippen molar-refractivity contribution in [1.82, 2.24) is 4.90 Å². The van der Waals surface area contributed by atoms with E-state index in [0.717, 1.165) is 37.4 Å². The van der Waals surface area contributed by atoms with Crippen molar-refractivity contribution in [2.75, 3.05) is 33.9 Å². The predicted molar refractivity (Wildman–Crippen MR) is 71.9 cm³/mol. The molecule has 1 aliphatic rings. The van der Waals surface area contributed by atoms with Gasteiger partial charge < -0.3 is 20.1 Å². The molecule has 2 N–H and O–H groups in total. The number of methoxy groups -OCH3 is 1. The smallest absolute Gasteiger partial charge is 0.122 e. The summed E-state index contributed by atoms with van der Waals surface area (Å²) in [7, 11) is 3.79. The Hall–Kier alpha value is -1.10. The fraction of sp³-hybridized carbons (Fsp3) is 0.571. The molecule has 0 radical (unpaired) electrons. The van der Waals surface area contributed by atoms with Crippen LogP contribution in [-0.2, 0) is 11.2 Å². The van der Waals surface area contributed by atoms with E-state index < -0.39 is 0 Å². The van der Waals surface area contributed by atoms with Crippen molar-refractivity contribution in [3.63, 3.8) is 0 Å². The van der Waals surface area contributed by atoms with E-state index in [1.165, 1.54) is 0 Å². The van der Waals surface area contributed by atoms with Gasteiger partial charge in [-0.25, -0.2) is 0 Å². The molecule has 100 valence electrons.